The van der Waals surface area contributed by atoms with Crippen LogP contribution in [0.4, 0.5) is 8.78 Å². The van der Waals surface area contributed by atoms with Gasteiger partial charge in [0.2, 0.25) is 21.8 Å². The summed E-state index contributed by atoms with van der Waals surface area (Å²) in [5.41, 5.74) is 0.430. The Morgan fingerprint density at radius 1 is 1.28 bits per heavy atom. The van der Waals surface area contributed by atoms with Crippen LogP contribution in [0.5, 0.6) is 11.6 Å². The van der Waals surface area contributed by atoms with Gasteiger partial charge in [0.25, 0.3) is 0 Å². The van der Waals surface area contributed by atoms with Gasteiger partial charge in [-0.05, 0) is 18.2 Å². The van der Waals surface area contributed by atoms with Crippen molar-refractivity contribution in [3.05, 3.63) is 53.7 Å². The van der Waals surface area contributed by atoms with E-state index < -0.39 is 34.1 Å². The lowest BCUT2D eigenvalue weighted by atomic mass is 10.2. The highest BCUT2D eigenvalue weighted by Gasteiger charge is 2.12. The second-order valence-electron chi connectivity index (χ2n) is 5.01. The predicted molar refractivity (Wildman–Crippen MR) is 85.4 cm³/mol. The highest BCUT2D eigenvalue weighted by molar-refractivity contribution is 7.88. The first-order valence-corrected chi connectivity index (χ1v) is 8.92. The maximum atomic E-state index is 13.7. The lowest BCUT2D eigenvalue weighted by Crippen LogP contribution is -2.36. The van der Waals surface area contributed by atoms with Crippen LogP contribution in [0.2, 0.25) is 0 Å². The summed E-state index contributed by atoms with van der Waals surface area (Å²) in [4.78, 5) is 15.6. The molecule has 1 heterocycles. The molecule has 2 N–H and O–H groups in total. The smallest absolute Gasteiger partial charge is 0.235 e. The summed E-state index contributed by atoms with van der Waals surface area (Å²) in [6.45, 7) is -0.432. The van der Waals surface area contributed by atoms with Crippen molar-refractivity contribution in [2.24, 2.45) is 0 Å². The molecule has 0 saturated heterocycles. The van der Waals surface area contributed by atoms with E-state index in [-0.39, 0.29) is 18.2 Å². The molecule has 0 atom stereocenters. The lowest BCUT2D eigenvalue weighted by molar-refractivity contribution is -0.120. The van der Waals surface area contributed by atoms with Gasteiger partial charge in [-0.2, -0.15) is 0 Å². The summed E-state index contributed by atoms with van der Waals surface area (Å²) >= 11 is 0. The van der Waals surface area contributed by atoms with Crippen LogP contribution in [0.3, 0.4) is 0 Å². The number of benzene rings is 1. The Balaban J connectivity index is 2.04. The van der Waals surface area contributed by atoms with Crippen LogP contribution in [-0.4, -0.2) is 32.1 Å². The Morgan fingerprint density at radius 3 is 2.72 bits per heavy atom. The molecular formula is C15H15F2N3O4S. The number of pyridine rings is 1. The van der Waals surface area contributed by atoms with Crippen molar-refractivity contribution < 1.29 is 26.7 Å². The molecule has 0 aliphatic carbocycles. The number of amides is 1. The van der Waals surface area contributed by atoms with Crippen LogP contribution in [0.1, 0.15) is 5.56 Å². The molecule has 134 valence electrons. The third-order valence-electron chi connectivity index (χ3n) is 2.92. The number of rotatable bonds is 7. The maximum absolute atomic E-state index is 13.7. The molecule has 0 unspecified atom stereocenters. The fourth-order valence-electron chi connectivity index (χ4n) is 1.77. The van der Waals surface area contributed by atoms with Gasteiger partial charge in [0.05, 0.1) is 12.8 Å². The minimum atomic E-state index is -3.48. The maximum Gasteiger partial charge on any atom is 0.235 e. The number of hydrogen-bond acceptors (Lipinski definition) is 5. The molecule has 25 heavy (non-hydrogen) atoms. The normalized spacial score (nSPS) is 11.2. The van der Waals surface area contributed by atoms with Crippen molar-refractivity contribution >= 4 is 15.9 Å². The van der Waals surface area contributed by atoms with E-state index in [4.69, 9.17) is 4.74 Å². The molecule has 0 aliphatic rings. The number of hydrogen-bond donors (Lipinski definition) is 2. The SMILES string of the molecule is CS(=O)(=O)NCC(=O)NCc1cccnc1Oc1ccc(F)cc1F. The van der Waals surface area contributed by atoms with E-state index in [1.54, 1.807) is 12.1 Å². The summed E-state index contributed by atoms with van der Waals surface area (Å²) in [6, 6.07) is 6.02. The van der Waals surface area contributed by atoms with E-state index >= 15 is 0 Å². The molecule has 1 aromatic carbocycles. The van der Waals surface area contributed by atoms with Crippen LogP contribution in [0, 0.1) is 11.6 Å². The number of sulfonamides is 1. The van der Waals surface area contributed by atoms with Crippen molar-refractivity contribution in [1.82, 2.24) is 15.0 Å². The zero-order valence-electron chi connectivity index (χ0n) is 13.1. The monoisotopic (exact) mass is 371 g/mol. The molecule has 0 fully saturated rings. The van der Waals surface area contributed by atoms with Gasteiger partial charge in [-0.15, -0.1) is 0 Å². The number of halogens is 2. The fourth-order valence-corrected chi connectivity index (χ4v) is 2.16. The molecule has 2 rings (SSSR count). The molecule has 0 spiro atoms. The van der Waals surface area contributed by atoms with Gasteiger partial charge >= 0.3 is 0 Å². The molecule has 0 aliphatic heterocycles. The first kappa shape index (κ1) is 18.7. The van der Waals surface area contributed by atoms with E-state index in [0.717, 1.165) is 18.4 Å². The highest BCUT2D eigenvalue weighted by atomic mass is 32.2. The van der Waals surface area contributed by atoms with Gasteiger partial charge < -0.3 is 10.1 Å². The van der Waals surface area contributed by atoms with Crippen molar-refractivity contribution in [1.29, 1.82) is 0 Å². The number of nitrogens with zero attached hydrogens (tertiary/aromatic N) is 1. The first-order valence-electron chi connectivity index (χ1n) is 7.03. The van der Waals surface area contributed by atoms with E-state index in [0.29, 0.717) is 11.6 Å². The topological polar surface area (TPSA) is 97.4 Å². The van der Waals surface area contributed by atoms with Crippen molar-refractivity contribution in [2.75, 3.05) is 12.8 Å². The third kappa shape index (κ3) is 6.08. The quantitative estimate of drug-likeness (QED) is 0.765. The largest absolute Gasteiger partial charge is 0.436 e. The zero-order valence-corrected chi connectivity index (χ0v) is 13.9. The number of carbonyl (C=O) groups is 1. The molecule has 0 radical (unpaired) electrons. The van der Waals surface area contributed by atoms with Crippen molar-refractivity contribution in [3.8, 4) is 11.6 Å². The number of nitrogens with one attached hydrogen (secondary N) is 2. The van der Waals surface area contributed by atoms with E-state index in [1.165, 1.54) is 6.20 Å². The number of aromatic nitrogens is 1. The fraction of sp³-hybridized carbons (Fsp3) is 0.200. The Labute approximate surface area is 143 Å². The third-order valence-corrected chi connectivity index (χ3v) is 3.59. The van der Waals surface area contributed by atoms with Gasteiger partial charge in [0.1, 0.15) is 5.82 Å². The number of ether oxygens (including phenoxy) is 1. The first-order chi connectivity index (χ1) is 11.7. The van der Waals surface area contributed by atoms with Gasteiger partial charge in [0, 0.05) is 24.4 Å². The van der Waals surface area contributed by atoms with E-state index in [9.17, 15) is 22.0 Å². The Kier molecular flexibility index (Phi) is 5.99. The minimum absolute atomic E-state index is 0.0176. The summed E-state index contributed by atoms with van der Waals surface area (Å²) in [5, 5.41) is 2.48. The van der Waals surface area contributed by atoms with Crippen LogP contribution in [0.25, 0.3) is 0 Å². The second kappa shape index (κ2) is 7.99. The molecular weight excluding hydrogens is 356 g/mol. The number of carbonyl (C=O) groups excluding carboxylic acids is 1. The van der Waals surface area contributed by atoms with Gasteiger partial charge in [-0.1, -0.05) is 6.07 Å². The molecule has 10 heteroatoms. The molecule has 0 saturated carbocycles. The van der Waals surface area contributed by atoms with Crippen LogP contribution in [-0.2, 0) is 21.4 Å². The van der Waals surface area contributed by atoms with Crippen LogP contribution >= 0.6 is 0 Å². The summed E-state index contributed by atoms with van der Waals surface area (Å²) in [6.07, 6.45) is 2.35. The average Bonchev–Trinajstić information content (AvgIpc) is 2.54. The minimum Gasteiger partial charge on any atom is -0.436 e. The molecule has 1 aromatic heterocycles. The summed E-state index contributed by atoms with van der Waals surface area (Å²) < 4.78 is 55.8. The van der Waals surface area contributed by atoms with Crippen LogP contribution < -0.4 is 14.8 Å². The Morgan fingerprint density at radius 2 is 2.04 bits per heavy atom. The zero-order chi connectivity index (χ0) is 18.4. The molecule has 2 aromatic rings. The second-order valence-corrected chi connectivity index (χ2v) is 6.85. The van der Waals surface area contributed by atoms with Crippen LogP contribution in [0.15, 0.2) is 36.5 Å². The van der Waals surface area contributed by atoms with Gasteiger partial charge in [-0.25, -0.2) is 26.9 Å². The summed E-state index contributed by atoms with van der Waals surface area (Å²) in [5.74, 6) is -2.38. The lowest BCUT2D eigenvalue weighted by Gasteiger charge is -2.11. The molecule has 7 nitrogen and oxygen atoms in total. The molecule has 1 amide bonds. The van der Waals surface area contributed by atoms with E-state index in [1.807, 2.05) is 0 Å². The predicted octanol–water partition coefficient (Wildman–Crippen LogP) is 1.32. The standard InChI is InChI=1S/C15H15F2N3O4S/c1-25(22,23)20-9-14(21)19-8-10-3-2-6-18-15(10)24-13-5-4-11(16)7-12(13)17/h2-7,20H,8-9H2,1H3,(H,19,21). The Hall–Kier alpha value is -2.59. The highest BCUT2D eigenvalue weighted by Crippen LogP contribution is 2.25. The van der Waals surface area contributed by atoms with Gasteiger partial charge in [-0.3, -0.25) is 4.79 Å². The molecule has 0 bridgehead atoms. The summed E-state index contributed by atoms with van der Waals surface area (Å²) in [7, 11) is -3.48. The van der Waals surface area contributed by atoms with Crippen molar-refractivity contribution in [3.63, 3.8) is 0 Å². The van der Waals surface area contributed by atoms with Crippen molar-refractivity contribution in [2.45, 2.75) is 6.54 Å². The Bertz CT molecular complexity index is 875. The van der Waals surface area contributed by atoms with E-state index in [2.05, 4.69) is 15.0 Å². The van der Waals surface area contributed by atoms with Gasteiger partial charge in [0.15, 0.2) is 11.6 Å². The average molecular weight is 371 g/mol.